The molecule has 1 unspecified atom stereocenters. The molecule has 0 radical (unpaired) electrons. The normalized spacial score (nSPS) is 18.6. The highest BCUT2D eigenvalue weighted by atomic mass is 16.6. The molecule has 2 aromatic carbocycles. The van der Waals surface area contributed by atoms with Crippen molar-refractivity contribution in [2.24, 2.45) is 0 Å². The van der Waals surface area contributed by atoms with E-state index in [2.05, 4.69) is 5.32 Å². The van der Waals surface area contributed by atoms with E-state index in [4.69, 9.17) is 4.74 Å². The maximum Gasteiger partial charge on any atom is 0.339 e. The van der Waals surface area contributed by atoms with Crippen LogP contribution in [0, 0.1) is 10.1 Å². The minimum absolute atomic E-state index is 0.0701. The fourth-order valence-electron chi connectivity index (χ4n) is 2.93. The molecule has 7 heteroatoms. The van der Waals surface area contributed by atoms with Crippen molar-refractivity contribution in [1.29, 1.82) is 0 Å². The summed E-state index contributed by atoms with van der Waals surface area (Å²) >= 11 is 0. The smallest absolute Gasteiger partial charge is 0.339 e. The van der Waals surface area contributed by atoms with Gasteiger partial charge in [-0.25, -0.2) is 4.79 Å². The number of benzene rings is 2. The molecule has 1 atom stereocenters. The monoisotopic (exact) mass is 354 g/mol. The zero-order chi connectivity index (χ0) is 18.9. The number of nitro benzene ring substituents is 1. The highest BCUT2D eigenvalue weighted by Crippen LogP contribution is 2.30. The first-order valence-corrected chi connectivity index (χ1v) is 8.23. The Hall–Kier alpha value is -3.22. The molecule has 26 heavy (non-hydrogen) atoms. The van der Waals surface area contributed by atoms with E-state index < -0.39 is 22.4 Å². The van der Waals surface area contributed by atoms with Gasteiger partial charge in [-0.3, -0.25) is 14.9 Å². The summed E-state index contributed by atoms with van der Waals surface area (Å²) in [5.74, 6) is -1.01. The summed E-state index contributed by atoms with van der Waals surface area (Å²) < 4.78 is 5.41. The van der Waals surface area contributed by atoms with Gasteiger partial charge < -0.3 is 10.1 Å². The molecule has 0 aliphatic carbocycles. The van der Waals surface area contributed by atoms with Crippen LogP contribution in [-0.4, -0.2) is 22.4 Å². The molecule has 2 aromatic rings. The number of rotatable bonds is 4. The summed E-state index contributed by atoms with van der Waals surface area (Å²) in [6.07, 6.45) is 1.09. The Morgan fingerprint density at radius 2 is 1.96 bits per heavy atom. The van der Waals surface area contributed by atoms with Crippen LogP contribution in [-0.2, 0) is 22.4 Å². The van der Waals surface area contributed by atoms with Crippen molar-refractivity contribution >= 4 is 23.3 Å². The maximum atomic E-state index is 12.7. The molecule has 1 aliphatic heterocycles. The van der Waals surface area contributed by atoms with Gasteiger partial charge in [0.1, 0.15) is 0 Å². The number of hydrogen-bond donors (Lipinski definition) is 1. The molecular weight excluding hydrogens is 336 g/mol. The number of esters is 1. The number of non-ortho nitro benzene ring substituents is 1. The van der Waals surface area contributed by atoms with Gasteiger partial charge in [0.05, 0.1) is 10.5 Å². The number of ether oxygens (including phenoxy) is 1. The largest absolute Gasteiger partial charge is 0.445 e. The van der Waals surface area contributed by atoms with E-state index in [0.29, 0.717) is 11.3 Å². The van der Waals surface area contributed by atoms with Crippen LogP contribution in [0.4, 0.5) is 11.4 Å². The number of cyclic esters (lactones) is 1. The zero-order valence-corrected chi connectivity index (χ0v) is 14.4. The predicted molar refractivity (Wildman–Crippen MR) is 95.1 cm³/mol. The number of carbonyl (C=O) groups excluding carboxylic acids is 2. The predicted octanol–water partition coefficient (Wildman–Crippen LogP) is 3.27. The van der Waals surface area contributed by atoms with E-state index in [1.807, 2.05) is 19.1 Å². The quantitative estimate of drug-likeness (QED) is 0.516. The Morgan fingerprint density at radius 1 is 1.27 bits per heavy atom. The molecule has 7 nitrogen and oxygen atoms in total. The fourth-order valence-corrected chi connectivity index (χ4v) is 2.93. The van der Waals surface area contributed by atoms with Crippen LogP contribution in [0.25, 0.3) is 0 Å². The average molecular weight is 354 g/mol. The molecule has 0 spiro atoms. The van der Waals surface area contributed by atoms with Crippen molar-refractivity contribution in [3.8, 4) is 0 Å². The first-order chi connectivity index (χ1) is 12.3. The highest BCUT2D eigenvalue weighted by Gasteiger charge is 2.42. The van der Waals surface area contributed by atoms with Gasteiger partial charge in [0, 0.05) is 24.2 Å². The topological polar surface area (TPSA) is 98.5 Å². The van der Waals surface area contributed by atoms with Crippen LogP contribution in [0.3, 0.4) is 0 Å². The SMILES string of the molecule is CCc1ccc2c(c1)CC(C)(C(=O)Nc1ccc([N+](=O)[O-])cc1)OC2=O. The highest BCUT2D eigenvalue weighted by molar-refractivity contribution is 6.02. The van der Waals surface area contributed by atoms with Crippen molar-refractivity contribution in [3.63, 3.8) is 0 Å². The minimum atomic E-state index is -1.35. The van der Waals surface area contributed by atoms with Crippen molar-refractivity contribution in [1.82, 2.24) is 0 Å². The Bertz CT molecular complexity index is 891. The minimum Gasteiger partial charge on any atom is -0.445 e. The van der Waals surface area contributed by atoms with Crippen LogP contribution in [0.2, 0.25) is 0 Å². The lowest BCUT2D eigenvalue weighted by atomic mass is 9.88. The van der Waals surface area contributed by atoms with E-state index in [1.54, 1.807) is 13.0 Å². The molecule has 0 aromatic heterocycles. The Balaban J connectivity index is 1.82. The molecule has 134 valence electrons. The number of nitrogens with zero attached hydrogens (tertiary/aromatic N) is 1. The summed E-state index contributed by atoms with van der Waals surface area (Å²) in [5, 5.41) is 13.4. The first kappa shape index (κ1) is 17.6. The standard InChI is InChI=1S/C19H18N2O5/c1-3-12-4-9-16-13(10-12)11-19(2,26-17(16)22)18(23)20-14-5-7-15(8-6-14)21(24)25/h4-10H,3,11H2,1-2H3,(H,20,23). The number of amides is 1. The van der Waals surface area contributed by atoms with Crippen LogP contribution < -0.4 is 5.32 Å². The van der Waals surface area contributed by atoms with Crippen molar-refractivity contribution in [3.05, 3.63) is 69.3 Å². The Kier molecular flexibility index (Phi) is 4.46. The third-order valence-corrected chi connectivity index (χ3v) is 4.46. The van der Waals surface area contributed by atoms with Gasteiger partial charge in [-0.1, -0.05) is 19.1 Å². The summed E-state index contributed by atoms with van der Waals surface area (Å²) in [6.45, 7) is 3.58. The number of nitro groups is 1. The molecule has 0 saturated carbocycles. The number of hydrogen-bond acceptors (Lipinski definition) is 5. The maximum absolute atomic E-state index is 12.7. The van der Waals surface area contributed by atoms with E-state index in [9.17, 15) is 19.7 Å². The Labute approximate surface area is 150 Å². The lowest BCUT2D eigenvalue weighted by Gasteiger charge is -2.33. The zero-order valence-electron chi connectivity index (χ0n) is 14.4. The van der Waals surface area contributed by atoms with E-state index in [0.717, 1.165) is 17.5 Å². The molecule has 1 N–H and O–H groups in total. The first-order valence-electron chi connectivity index (χ1n) is 8.23. The number of fused-ring (bicyclic) bond motifs is 1. The second kappa shape index (κ2) is 6.59. The van der Waals surface area contributed by atoms with Crippen LogP contribution in [0.15, 0.2) is 42.5 Å². The van der Waals surface area contributed by atoms with Crippen LogP contribution in [0.1, 0.15) is 35.3 Å². The van der Waals surface area contributed by atoms with Crippen molar-refractivity contribution in [2.45, 2.75) is 32.3 Å². The van der Waals surface area contributed by atoms with Gasteiger partial charge in [-0.05, 0) is 42.7 Å². The number of anilines is 1. The molecule has 0 saturated heterocycles. The molecule has 3 rings (SSSR count). The van der Waals surface area contributed by atoms with Gasteiger partial charge in [0.25, 0.3) is 11.6 Å². The molecule has 1 aliphatic rings. The number of nitrogens with one attached hydrogen (secondary N) is 1. The second-order valence-corrected chi connectivity index (χ2v) is 6.40. The van der Waals surface area contributed by atoms with Gasteiger partial charge >= 0.3 is 5.97 Å². The molecular formula is C19H18N2O5. The lowest BCUT2D eigenvalue weighted by Crippen LogP contribution is -2.48. The van der Waals surface area contributed by atoms with Crippen LogP contribution in [0.5, 0.6) is 0 Å². The van der Waals surface area contributed by atoms with Crippen molar-refractivity contribution in [2.75, 3.05) is 5.32 Å². The Morgan fingerprint density at radius 3 is 2.58 bits per heavy atom. The third kappa shape index (κ3) is 3.28. The average Bonchev–Trinajstić information content (AvgIpc) is 2.61. The summed E-state index contributed by atoms with van der Waals surface area (Å²) in [4.78, 5) is 35.2. The van der Waals surface area contributed by atoms with E-state index in [-0.39, 0.29) is 12.1 Å². The summed E-state index contributed by atoms with van der Waals surface area (Å²) in [7, 11) is 0. The number of carbonyl (C=O) groups is 2. The summed E-state index contributed by atoms with van der Waals surface area (Å²) in [6, 6.07) is 11.0. The second-order valence-electron chi connectivity index (χ2n) is 6.40. The molecule has 1 amide bonds. The van der Waals surface area contributed by atoms with E-state index >= 15 is 0 Å². The fraction of sp³-hybridized carbons (Fsp3) is 0.263. The lowest BCUT2D eigenvalue weighted by molar-refractivity contribution is -0.384. The van der Waals surface area contributed by atoms with Gasteiger partial charge in [0.15, 0.2) is 5.60 Å². The van der Waals surface area contributed by atoms with Crippen molar-refractivity contribution < 1.29 is 19.2 Å². The third-order valence-electron chi connectivity index (χ3n) is 4.46. The van der Waals surface area contributed by atoms with Gasteiger partial charge in [-0.15, -0.1) is 0 Å². The molecule has 1 heterocycles. The van der Waals surface area contributed by atoms with Gasteiger partial charge in [-0.2, -0.15) is 0 Å². The molecule has 0 bridgehead atoms. The summed E-state index contributed by atoms with van der Waals surface area (Å²) in [5.41, 5.74) is 1.31. The van der Waals surface area contributed by atoms with Gasteiger partial charge in [0.2, 0.25) is 0 Å². The molecule has 0 fully saturated rings. The van der Waals surface area contributed by atoms with E-state index in [1.165, 1.54) is 24.3 Å². The van der Waals surface area contributed by atoms with Crippen LogP contribution >= 0.6 is 0 Å². The number of aryl methyl sites for hydroxylation is 1.